The number of hydrogen-bond acceptors (Lipinski definition) is 2. The summed E-state index contributed by atoms with van der Waals surface area (Å²) in [5.41, 5.74) is 2.34. The molecule has 1 aromatic carbocycles. The zero-order valence-electron chi connectivity index (χ0n) is 9.75. The number of rotatable bonds is 1. The molecule has 5 heteroatoms. The standard InChI is InChI=1S/C14H9ClN2O2/c15-10-3-1-9(2-4-10)12-8-17(14(18)19)13-5-6-16-7-11(12)13/h1-8H,(H,18,19). The molecule has 0 aliphatic carbocycles. The Balaban J connectivity index is 2.29. The number of fused-ring (bicyclic) bond motifs is 1. The van der Waals surface area contributed by atoms with Crippen LogP contribution in [0.15, 0.2) is 48.9 Å². The van der Waals surface area contributed by atoms with Crippen LogP contribution in [0.4, 0.5) is 4.79 Å². The van der Waals surface area contributed by atoms with Gasteiger partial charge in [-0.1, -0.05) is 23.7 Å². The van der Waals surface area contributed by atoms with Gasteiger partial charge in [0, 0.05) is 34.6 Å². The van der Waals surface area contributed by atoms with Gasteiger partial charge in [0.1, 0.15) is 0 Å². The molecule has 3 rings (SSSR count). The molecule has 1 N–H and O–H groups in total. The lowest BCUT2D eigenvalue weighted by molar-refractivity contribution is 0.197. The van der Waals surface area contributed by atoms with E-state index < -0.39 is 6.09 Å². The molecule has 4 nitrogen and oxygen atoms in total. The van der Waals surface area contributed by atoms with Crippen LogP contribution in [-0.4, -0.2) is 20.8 Å². The second-order valence-electron chi connectivity index (χ2n) is 4.10. The van der Waals surface area contributed by atoms with E-state index in [-0.39, 0.29) is 0 Å². The predicted molar refractivity (Wildman–Crippen MR) is 73.6 cm³/mol. The fourth-order valence-corrected chi connectivity index (χ4v) is 2.22. The first-order valence-electron chi connectivity index (χ1n) is 5.61. The van der Waals surface area contributed by atoms with Crippen molar-refractivity contribution in [2.75, 3.05) is 0 Å². The van der Waals surface area contributed by atoms with Gasteiger partial charge in [-0.3, -0.25) is 9.55 Å². The van der Waals surface area contributed by atoms with E-state index in [1.165, 1.54) is 4.57 Å². The molecule has 0 atom stereocenters. The third-order valence-electron chi connectivity index (χ3n) is 2.97. The third kappa shape index (κ3) is 1.96. The van der Waals surface area contributed by atoms with Crippen LogP contribution in [0.1, 0.15) is 0 Å². The van der Waals surface area contributed by atoms with Gasteiger partial charge in [0.05, 0.1) is 5.52 Å². The van der Waals surface area contributed by atoms with E-state index in [1.54, 1.807) is 36.8 Å². The van der Waals surface area contributed by atoms with E-state index in [0.717, 1.165) is 16.5 Å². The van der Waals surface area contributed by atoms with Gasteiger partial charge in [0.2, 0.25) is 0 Å². The van der Waals surface area contributed by atoms with Gasteiger partial charge in [-0.15, -0.1) is 0 Å². The summed E-state index contributed by atoms with van der Waals surface area (Å²) in [6.45, 7) is 0. The third-order valence-corrected chi connectivity index (χ3v) is 3.22. The normalized spacial score (nSPS) is 10.8. The van der Waals surface area contributed by atoms with Crippen molar-refractivity contribution in [3.05, 3.63) is 53.9 Å². The molecule has 0 saturated heterocycles. The monoisotopic (exact) mass is 272 g/mol. The van der Waals surface area contributed by atoms with Gasteiger partial charge >= 0.3 is 6.09 Å². The smallest absolute Gasteiger partial charge is 0.416 e. The van der Waals surface area contributed by atoms with E-state index >= 15 is 0 Å². The van der Waals surface area contributed by atoms with Crippen molar-refractivity contribution >= 4 is 28.6 Å². The molecule has 0 saturated carbocycles. The summed E-state index contributed by atoms with van der Waals surface area (Å²) in [5.74, 6) is 0. The van der Waals surface area contributed by atoms with E-state index in [0.29, 0.717) is 10.5 Å². The van der Waals surface area contributed by atoms with Crippen LogP contribution in [0.2, 0.25) is 5.02 Å². The molecule has 0 unspecified atom stereocenters. The molecule has 0 aliphatic heterocycles. The lowest BCUT2D eigenvalue weighted by atomic mass is 10.1. The van der Waals surface area contributed by atoms with Gasteiger partial charge < -0.3 is 5.11 Å². The molecule has 0 bridgehead atoms. The van der Waals surface area contributed by atoms with Gasteiger partial charge in [0.25, 0.3) is 0 Å². The van der Waals surface area contributed by atoms with Gasteiger partial charge in [-0.05, 0) is 23.8 Å². The number of carboxylic acid groups (broad SMARTS) is 1. The Morgan fingerprint density at radius 3 is 2.63 bits per heavy atom. The summed E-state index contributed by atoms with van der Waals surface area (Å²) in [6.07, 6.45) is 3.82. The maximum atomic E-state index is 11.2. The van der Waals surface area contributed by atoms with Gasteiger partial charge in [-0.2, -0.15) is 0 Å². The quantitative estimate of drug-likeness (QED) is 0.731. The van der Waals surface area contributed by atoms with E-state index in [2.05, 4.69) is 4.98 Å². The zero-order valence-corrected chi connectivity index (χ0v) is 10.5. The Kier molecular flexibility index (Phi) is 2.72. The fourth-order valence-electron chi connectivity index (χ4n) is 2.09. The maximum absolute atomic E-state index is 11.2. The summed E-state index contributed by atoms with van der Waals surface area (Å²) >= 11 is 5.86. The van der Waals surface area contributed by atoms with Crippen LogP contribution in [-0.2, 0) is 0 Å². The molecule has 3 aromatic rings. The molecule has 19 heavy (non-hydrogen) atoms. The molecule has 94 valence electrons. The first-order valence-corrected chi connectivity index (χ1v) is 5.99. The van der Waals surface area contributed by atoms with Crippen LogP contribution < -0.4 is 0 Å². The minimum absolute atomic E-state index is 0.618. The van der Waals surface area contributed by atoms with Crippen LogP contribution in [0.25, 0.3) is 22.0 Å². The molecular weight excluding hydrogens is 264 g/mol. The minimum atomic E-state index is -1.02. The molecule has 0 fully saturated rings. The van der Waals surface area contributed by atoms with Crippen molar-refractivity contribution in [2.24, 2.45) is 0 Å². The topological polar surface area (TPSA) is 55.1 Å². The second kappa shape index (κ2) is 4.40. The minimum Gasteiger partial charge on any atom is -0.464 e. The van der Waals surface area contributed by atoms with Crippen molar-refractivity contribution in [3.63, 3.8) is 0 Å². The summed E-state index contributed by atoms with van der Waals surface area (Å²) in [4.78, 5) is 15.3. The van der Waals surface area contributed by atoms with Crippen LogP contribution >= 0.6 is 11.6 Å². The highest BCUT2D eigenvalue weighted by atomic mass is 35.5. The van der Waals surface area contributed by atoms with Gasteiger partial charge in [0.15, 0.2) is 0 Å². The molecule has 0 spiro atoms. The Hall–Kier alpha value is -2.33. The first kappa shape index (κ1) is 11.7. The summed E-state index contributed by atoms with van der Waals surface area (Å²) in [5, 5.41) is 10.6. The summed E-state index contributed by atoms with van der Waals surface area (Å²) in [6, 6.07) is 8.95. The Bertz CT molecular complexity index is 763. The lowest BCUT2D eigenvalue weighted by Gasteiger charge is -1.98. The maximum Gasteiger partial charge on any atom is 0.416 e. The zero-order chi connectivity index (χ0) is 13.4. The SMILES string of the molecule is O=C(O)n1cc(-c2ccc(Cl)cc2)c2cnccc21. The van der Waals surface area contributed by atoms with Gasteiger partial charge in [-0.25, -0.2) is 4.79 Å². The first-order chi connectivity index (χ1) is 9.16. The van der Waals surface area contributed by atoms with Crippen LogP contribution in [0.5, 0.6) is 0 Å². The highest BCUT2D eigenvalue weighted by Crippen LogP contribution is 2.30. The van der Waals surface area contributed by atoms with Crippen molar-refractivity contribution in [2.45, 2.75) is 0 Å². The number of aromatic nitrogens is 2. The summed E-state index contributed by atoms with van der Waals surface area (Å²) < 4.78 is 1.20. The van der Waals surface area contributed by atoms with E-state index in [1.807, 2.05) is 12.1 Å². The Morgan fingerprint density at radius 1 is 1.21 bits per heavy atom. The number of hydrogen-bond donors (Lipinski definition) is 1. The van der Waals surface area contributed by atoms with Crippen molar-refractivity contribution in [1.82, 2.24) is 9.55 Å². The highest BCUT2D eigenvalue weighted by Gasteiger charge is 2.13. The number of nitrogens with zero attached hydrogens (tertiary/aromatic N) is 2. The Morgan fingerprint density at radius 2 is 1.95 bits per heavy atom. The van der Waals surface area contributed by atoms with Crippen LogP contribution in [0.3, 0.4) is 0 Å². The number of benzene rings is 1. The largest absolute Gasteiger partial charge is 0.464 e. The van der Waals surface area contributed by atoms with Crippen molar-refractivity contribution < 1.29 is 9.90 Å². The number of halogens is 1. The van der Waals surface area contributed by atoms with E-state index in [4.69, 9.17) is 11.6 Å². The molecule has 0 aliphatic rings. The predicted octanol–water partition coefficient (Wildman–Crippen LogP) is 3.88. The highest BCUT2D eigenvalue weighted by molar-refractivity contribution is 6.30. The molecule has 0 amide bonds. The average molecular weight is 273 g/mol. The fraction of sp³-hybridized carbons (Fsp3) is 0. The Labute approximate surface area is 113 Å². The van der Waals surface area contributed by atoms with Crippen molar-refractivity contribution in [3.8, 4) is 11.1 Å². The average Bonchev–Trinajstić information content (AvgIpc) is 2.79. The number of pyridine rings is 1. The second-order valence-corrected chi connectivity index (χ2v) is 4.53. The molecule has 2 heterocycles. The van der Waals surface area contributed by atoms with Crippen molar-refractivity contribution in [1.29, 1.82) is 0 Å². The van der Waals surface area contributed by atoms with E-state index in [9.17, 15) is 9.90 Å². The molecule has 0 radical (unpaired) electrons. The molecule has 2 aromatic heterocycles. The summed E-state index contributed by atoms with van der Waals surface area (Å²) in [7, 11) is 0. The van der Waals surface area contributed by atoms with Crippen LogP contribution in [0, 0.1) is 0 Å². The molecular formula is C14H9ClN2O2. The lowest BCUT2D eigenvalue weighted by Crippen LogP contribution is -2.05. The number of carbonyl (C=O) groups is 1.